The fraction of sp³-hybridized carbons (Fsp3) is 0.467. The van der Waals surface area contributed by atoms with Crippen molar-refractivity contribution >= 4 is 17.5 Å². The number of benzene rings is 1. The van der Waals surface area contributed by atoms with Crippen LogP contribution in [-0.4, -0.2) is 30.3 Å². The average Bonchev–Trinajstić information content (AvgIpc) is 2.72. The third-order valence-corrected chi connectivity index (χ3v) is 3.56. The summed E-state index contributed by atoms with van der Waals surface area (Å²) in [4.78, 5) is 25.7. The van der Waals surface area contributed by atoms with E-state index in [0.717, 1.165) is 30.6 Å². The minimum absolute atomic E-state index is 0.0327. The Kier molecular flexibility index (Phi) is 4.20. The number of anilines is 1. The summed E-state index contributed by atoms with van der Waals surface area (Å²) in [6.45, 7) is 2.85. The Balaban J connectivity index is 2.03. The Hall–Kier alpha value is -1.84. The highest BCUT2D eigenvalue weighted by Gasteiger charge is 2.32. The van der Waals surface area contributed by atoms with Gasteiger partial charge in [-0.2, -0.15) is 0 Å². The molecule has 1 aliphatic heterocycles. The molecule has 1 aromatic rings. The van der Waals surface area contributed by atoms with Crippen LogP contribution in [0.3, 0.4) is 0 Å². The number of nitrogens with one attached hydrogen (secondary N) is 1. The molecule has 0 aliphatic carbocycles. The highest BCUT2D eigenvalue weighted by Crippen LogP contribution is 2.34. The van der Waals surface area contributed by atoms with Gasteiger partial charge >= 0.3 is 0 Å². The van der Waals surface area contributed by atoms with Gasteiger partial charge < -0.3 is 10.2 Å². The number of fused-ring (bicyclic) bond motifs is 1. The maximum Gasteiger partial charge on any atom is 0.232 e. The van der Waals surface area contributed by atoms with E-state index in [9.17, 15) is 9.59 Å². The lowest BCUT2D eigenvalue weighted by Crippen LogP contribution is -2.30. The first-order valence-corrected chi connectivity index (χ1v) is 6.77. The van der Waals surface area contributed by atoms with E-state index >= 15 is 0 Å². The lowest BCUT2D eigenvalue weighted by Gasteiger charge is -2.18. The normalized spacial score (nSPS) is 16.9. The van der Waals surface area contributed by atoms with E-state index < -0.39 is 0 Å². The van der Waals surface area contributed by atoms with Crippen molar-refractivity contribution in [1.29, 1.82) is 0 Å². The van der Waals surface area contributed by atoms with Crippen LogP contribution in [-0.2, 0) is 9.59 Å². The van der Waals surface area contributed by atoms with Crippen LogP contribution < -0.4 is 5.32 Å². The van der Waals surface area contributed by atoms with Crippen LogP contribution in [0.4, 0.5) is 5.69 Å². The largest absolute Gasteiger partial charge is 0.346 e. The SMILES string of the molecule is CCCCN(C)C(=O)CC1C(=O)Nc2ccccc21. The highest BCUT2D eigenvalue weighted by molar-refractivity contribution is 6.04. The van der Waals surface area contributed by atoms with E-state index in [1.54, 1.807) is 11.9 Å². The van der Waals surface area contributed by atoms with Crippen LogP contribution in [0.25, 0.3) is 0 Å². The van der Waals surface area contributed by atoms with Crippen molar-refractivity contribution in [1.82, 2.24) is 4.90 Å². The van der Waals surface area contributed by atoms with Gasteiger partial charge in [0.05, 0.1) is 5.92 Å². The van der Waals surface area contributed by atoms with E-state index in [-0.39, 0.29) is 24.2 Å². The summed E-state index contributed by atoms with van der Waals surface area (Å²) in [7, 11) is 1.80. The number of nitrogens with zero attached hydrogens (tertiary/aromatic N) is 1. The molecule has 1 aromatic carbocycles. The molecular weight excluding hydrogens is 240 g/mol. The lowest BCUT2D eigenvalue weighted by atomic mass is 9.96. The van der Waals surface area contributed by atoms with Gasteiger partial charge in [0.25, 0.3) is 0 Å². The van der Waals surface area contributed by atoms with Gasteiger partial charge in [-0.3, -0.25) is 9.59 Å². The molecule has 0 aromatic heterocycles. The number of carbonyl (C=O) groups excluding carboxylic acids is 2. The van der Waals surface area contributed by atoms with Crippen molar-refractivity contribution in [3.05, 3.63) is 29.8 Å². The van der Waals surface area contributed by atoms with Gasteiger partial charge in [0.1, 0.15) is 0 Å². The van der Waals surface area contributed by atoms with Gasteiger partial charge in [-0.15, -0.1) is 0 Å². The second-order valence-electron chi connectivity index (χ2n) is 5.00. The number of carbonyl (C=O) groups is 2. The second-order valence-corrected chi connectivity index (χ2v) is 5.00. The second kappa shape index (κ2) is 5.87. The van der Waals surface area contributed by atoms with Crippen LogP contribution in [0.15, 0.2) is 24.3 Å². The molecule has 0 saturated heterocycles. The third-order valence-electron chi connectivity index (χ3n) is 3.56. The van der Waals surface area contributed by atoms with Crippen molar-refractivity contribution in [3.63, 3.8) is 0 Å². The summed E-state index contributed by atoms with van der Waals surface area (Å²) in [5, 5.41) is 2.83. The van der Waals surface area contributed by atoms with E-state index in [1.165, 1.54) is 0 Å². The molecule has 1 heterocycles. The van der Waals surface area contributed by atoms with E-state index in [4.69, 9.17) is 0 Å². The molecule has 0 radical (unpaired) electrons. The zero-order valence-electron chi connectivity index (χ0n) is 11.5. The van der Waals surface area contributed by atoms with Crippen LogP contribution in [0.2, 0.25) is 0 Å². The topological polar surface area (TPSA) is 49.4 Å². The van der Waals surface area contributed by atoms with Gasteiger partial charge in [-0.1, -0.05) is 31.5 Å². The molecule has 102 valence electrons. The quantitative estimate of drug-likeness (QED) is 0.883. The van der Waals surface area contributed by atoms with E-state index in [1.807, 2.05) is 24.3 Å². The van der Waals surface area contributed by atoms with Gasteiger partial charge in [0, 0.05) is 25.7 Å². The molecule has 0 spiro atoms. The average molecular weight is 260 g/mol. The molecule has 4 heteroatoms. The Morgan fingerprint density at radius 2 is 2.11 bits per heavy atom. The number of unbranched alkanes of at least 4 members (excludes halogenated alkanes) is 1. The summed E-state index contributed by atoms with van der Waals surface area (Å²) in [6, 6.07) is 7.57. The summed E-state index contributed by atoms with van der Waals surface area (Å²) < 4.78 is 0. The molecule has 4 nitrogen and oxygen atoms in total. The van der Waals surface area contributed by atoms with Crippen molar-refractivity contribution in [2.24, 2.45) is 0 Å². The molecule has 0 fully saturated rings. The molecule has 0 saturated carbocycles. The minimum Gasteiger partial charge on any atom is -0.346 e. The highest BCUT2D eigenvalue weighted by atomic mass is 16.2. The summed E-state index contributed by atoms with van der Waals surface area (Å²) in [6.07, 6.45) is 2.31. The summed E-state index contributed by atoms with van der Waals surface area (Å²) >= 11 is 0. The Morgan fingerprint density at radius 3 is 2.84 bits per heavy atom. The number of para-hydroxylation sites is 1. The molecular formula is C15H20N2O2. The molecule has 1 aliphatic rings. The van der Waals surface area contributed by atoms with Crippen LogP contribution >= 0.6 is 0 Å². The maximum absolute atomic E-state index is 12.1. The first kappa shape index (κ1) is 13.6. The molecule has 1 atom stereocenters. The molecule has 19 heavy (non-hydrogen) atoms. The van der Waals surface area contributed by atoms with Crippen molar-refractivity contribution in [2.45, 2.75) is 32.1 Å². The molecule has 2 amide bonds. The smallest absolute Gasteiger partial charge is 0.232 e. The number of amides is 2. The molecule has 1 unspecified atom stereocenters. The van der Waals surface area contributed by atoms with Gasteiger partial charge in [0.15, 0.2) is 0 Å². The summed E-state index contributed by atoms with van der Waals surface area (Å²) in [5.41, 5.74) is 1.77. The van der Waals surface area contributed by atoms with E-state index in [2.05, 4.69) is 12.2 Å². The number of hydrogen-bond donors (Lipinski definition) is 1. The van der Waals surface area contributed by atoms with Gasteiger partial charge in [-0.05, 0) is 18.1 Å². The maximum atomic E-state index is 12.1. The van der Waals surface area contributed by atoms with Crippen molar-refractivity contribution in [3.8, 4) is 0 Å². The van der Waals surface area contributed by atoms with Crippen LogP contribution in [0, 0.1) is 0 Å². The lowest BCUT2D eigenvalue weighted by molar-refractivity contribution is -0.132. The number of hydrogen-bond acceptors (Lipinski definition) is 2. The van der Waals surface area contributed by atoms with E-state index in [0.29, 0.717) is 0 Å². The molecule has 2 rings (SSSR count). The molecule has 1 N–H and O–H groups in total. The first-order valence-electron chi connectivity index (χ1n) is 6.77. The fourth-order valence-corrected chi connectivity index (χ4v) is 2.33. The van der Waals surface area contributed by atoms with Gasteiger partial charge in [0.2, 0.25) is 11.8 Å². The monoisotopic (exact) mass is 260 g/mol. The number of rotatable bonds is 5. The zero-order valence-corrected chi connectivity index (χ0v) is 11.5. The summed E-state index contributed by atoms with van der Waals surface area (Å²) in [5.74, 6) is -0.378. The first-order chi connectivity index (χ1) is 9.13. The predicted molar refractivity (Wildman–Crippen MR) is 75.0 cm³/mol. The zero-order chi connectivity index (χ0) is 13.8. The van der Waals surface area contributed by atoms with Crippen molar-refractivity contribution in [2.75, 3.05) is 18.9 Å². The Bertz CT molecular complexity index is 485. The Labute approximate surface area is 113 Å². The fourth-order valence-electron chi connectivity index (χ4n) is 2.33. The van der Waals surface area contributed by atoms with Crippen LogP contribution in [0.1, 0.15) is 37.7 Å². The predicted octanol–water partition coefficient (Wildman–Crippen LogP) is 2.37. The molecule has 0 bridgehead atoms. The third kappa shape index (κ3) is 2.95. The van der Waals surface area contributed by atoms with Crippen molar-refractivity contribution < 1.29 is 9.59 Å². The Morgan fingerprint density at radius 1 is 1.37 bits per heavy atom. The standard InChI is InChI=1S/C15H20N2O2/c1-3-4-9-17(2)14(18)10-12-11-7-5-6-8-13(11)16-15(12)19/h5-8,12H,3-4,9-10H2,1-2H3,(H,16,19). The minimum atomic E-state index is -0.340. The van der Waals surface area contributed by atoms with Gasteiger partial charge in [-0.25, -0.2) is 0 Å². The van der Waals surface area contributed by atoms with Crippen LogP contribution in [0.5, 0.6) is 0 Å².